The number of carbonyl (C=O) groups excluding carboxylic acids is 1. The number of nitrogens with one attached hydrogen (secondary N) is 2. The van der Waals surface area contributed by atoms with Crippen molar-refractivity contribution < 1.29 is 9.18 Å². The summed E-state index contributed by atoms with van der Waals surface area (Å²) < 4.78 is 14.7. The van der Waals surface area contributed by atoms with Gasteiger partial charge in [0.2, 0.25) is 0 Å². The van der Waals surface area contributed by atoms with E-state index in [-0.39, 0.29) is 17.2 Å². The van der Waals surface area contributed by atoms with E-state index in [1.54, 1.807) is 18.2 Å². The molecule has 0 atom stereocenters. The van der Waals surface area contributed by atoms with E-state index in [2.05, 4.69) is 26.6 Å². The molecule has 0 radical (unpaired) electrons. The molecule has 0 unspecified atom stereocenters. The van der Waals surface area contributed by atoms with Crippen LogP contribution in [-0.4, -0.2) is 12.5 Å². The van der Waals surface area contributed by atoms with E-state index in [1.807, 2.05) is 19.1 Å². The van der Waals surface area contributed by atoms with Gasteiger partial charge in [-0.15, -0.1) is 0 Å². The average Bonchev–Trinajstić information content (AvgIpc) is 2.43. The van der Waals surface area contributed by atoms with Crippen molar-refractivity contribution in [2.24, 2.45) is 0 Å². The Bertz CT molecular complexity index is 614. The number of hydrogen-bond donors (Lipinski definition) is 2. The molecule has 2 N–H and O–H groups in total. The number of para-hydroxylation sites is 1. The third kappa shape index (κ3) is 3.36. The van der Waals surface area contributed by atoms with Crippen molar-refractivity contribution in [1.29, 1.82) is 0 Å². The minimum atomic E-state index is -0.435. The van der Waals surface area contributed by atoms with Crippen LogP contribution in [0.1, 0.15) is 17.3 Å². The first-order valence-electron chi connectivity index (χ1n) is 6.21. The molecule has 1 amide bonds. The lowest BCUT2D eigenvalue weighted by molar-refractivity contribution is 0.102. The lowest BCUT2D eigenvalue weighted by atomic mass is 10.1. The third-order valence-corrected chi connectivity index (χ3v) is 3.24. The Kier molecular flexibility index (Phi) is 4.74. The second kappa shape index (κ2) is 6.52. The lowest BCUT2D eigenvalue weighted by Crippen LogP contribution is -2.15. The summed E-state index contributed by atoms with van der Waals surface area (Å²) in [5.74, 6) is -0.780. The molecule has 0 heterocycles. The molecule has 5 heteroatoms. The summed E-state index contributed by atoms with van der Waals surface area (Å²) in [5.41, 5.74) is 1.17. The number of rotatable bonds is 4. The van der Waals surface area contributed by atoms with Crippen molar-refractivity contribution in [1.82, 2.24) is 0 Å². The van der Waals surface area contributed by atoms with Crippen LogP contribution in [0, 0.1) is 5.82 Å². The monoisotopic (exact) mass is 336 g/mol. The average molecular weight is 337 g/mol. The molecule has 0 aliphatic rings. The van der Waals surface area contributed by atoms with Crippen LogP contribution in [0.2, 0.25) is 0 Å². The molecule has 0 fully saturated rings. The zero-order valence-corrected chi connectivity index (χ0v) is 12.5. The molecule has 0 bridgehead atoms. The number of hydrogen-bond acceptors (Lipinski definition) is 2. The number of carbonyl (C=O) groups is 1. The van der Waals surface area contributed by atoms with Crippen molar-refractivity contribution in [2.75, 3.05) is 17.2 Å². The van der Waals surface area contributed by atoms with Gasteiger partial charge in [-0.05, 0) is 43.3 Å². The SMILES string of the molecule is CCNc1c(F)cccc1C(=O)Nc1ccc(Br)cc1. The maximum atomic E-state index is 13.7. The first-order chi connectivity index (χ1) is 9.61. The van der Waals surface area contributed by atoms with Gasteiger partial charge >= 0.3 is 0 Å². The highest BCUT2D eigenvalue weighted by atomic mass is 79.9. The minimum Gasteiger partial charge on any atom is -0.382 e. The number of halogens is 2. The molecular formula is C15H14BrFN2O. The van der Waals surface area contributed by atoms with Gasteiger partial charge in [0, 0.05) is 16.7 Å². The molecule has 2 aromatic carbocycles. The molecule has 3 nitrogen and oxygen atoms in total. The van der Waals surface area contributed by atoms with Gasteiger partial charge < -0.3 is 10.6 Å². The van der Waals surface area contributed by atoms with Gasteiger partial charge in [0.1, 0.15) is 5.82 Å². The highest BCUT2D eigenvalue weighted by Crippen LogP contribution is 2.21. The Morgan fingerprint density at radius 2 is 1.90 bits per heavy atom. The zero-order valence-electron chi connectivity index (χ0n) is 10.9. The highest BCUT2D eigenvalue weighted by Gasteiger charge is 2.14. The van der Waals surface area contributed by atoms with Gasteiger partial charge in [0.15, 0.2) is 0 Å². The topological polar surface area (TPSA) is 41.1 Å². The number of anilines is 2. The predicted octanol–water partition coefficient (Wildman–Crippen LogP) is 4.27. The smallest absolute Gasteiger partial charge is 0.257 e. The van der Waals surface area contributed by atoms with E-state index < -0.39 is 5.82 Å². The summed E-state index contributed by atoms with van der Waals surface area (Å²) in [6.45, 7) is 2.39. The summed E-state index contributed by atoms with van der Waals surface area (Å²) in [6.07, 6.45) is 0. The Balaban J connectivity index is 2.25. The van der Waals surface area contributed by atoms with Crippen LogP contribution >= 0.6 is 15.9 Å². The number of benzene rings is 2. The van der Waals surface area contributed by atoms with Crippen LogP contribution in [0.25, 0.3) is 0 Å². The van der Waals surface area contributed by atoms with Crippen molar-refractivity contribution in [3.05, 3.63) is 58.3 Å². The molecule has 104 valence electrons. The fraction of sp³-hybridized carbons (Fsp3) is 0.133. The van der Waals surface area contributed by atoms with E-state index in [9.17, 15) is 9.18 Å². The molecule has 2 aromatic rings. The molecule has 20 heavy (non-hydrogen) atoms. The summed E-state index contributed by atoms with van der Waals surface area (Å²) in [5, 5.41) is 5.62. The van der Waals surface area contributed by atoms with Gasteiger partial charge in [-0.1, -0.05) is 22.0 Å². The fourth-order valence-corrected chi connectivity index (χ4v) is 2.07. The summed E-state index contributed by atoms with van der Waals surface area (Å²) in [7, 11) is 0. The quantitative estimate of drug-likeness (QED) is 0.875. The van der Waals surface area contributed by atoms with E-state index in [4.69, 9.17) is 0 Å². The molecular weight excluding hydrogens is 323 g/mol. The van der Waals surface area contributed by atoms with E-state index in [1.165, 1.54) is 12.1 Å². The Morgan fingerprint density at radius 3 is 2.55 bits per heavy atom. The normalized spacial score (nSPS) is 10.2. The van der Waals surface area contributed by atoms with Gasteiger partial charge in [0.25, 0.3) is 5.91 Å². The molecule has 0 aromatic heterocycles. The van der Waals surface area contributed by atoms with Crippen molar-refractivity contribution in [2.45, 2.75) is 6.92 Å². The van der Waals surface area contributed by atoms with Crippen LogP contribution in [0.5, 0.6) is 0 Å². The van der Waals surface area contributed by atoms with Crippen molar-refractivity contribution in [3.63, 3.8) is 0 Å². The van der Waals surface area contributed by atoms with Gasteiger partial charge in [-0.3, -0.25) is 4.79 Å². The first kappa shape index (κ1) is 14.5. The Morgan fingerprint density at radius 1 is 1.20 bits per heavy atom. The number of amides is 1. The highest BCUT2D eigenvalue weighted by molar-refractivity contribution is 9.10. The lowest BCUT2D eigenvalue weighted by Gasteiger charge is -2.12. The van der Waals surface area contributed by atoms with Gasteiger partial charge in [-0.25, -0.2) is 4.39 Å². The van der Waals surface area contributed by atoms with Crippen LogP contribution < -0.4 is 10.6 Å². The standard InChI is InChI=1S/C15H14BrFN2O/c1-2-18-14-12(4-3-5-13(14)17)15(20)19-11-8-6-10(16)7-9-11/h3-9,18H,2H2,1H3,(H,19,20). The molecule has 0 saturated heterocycles. The maximum absolute atomic E-state index is 13.7. The largest absolute Gasteiger partial charge is 0.382 e. The summed E-state index contributed by atoms with van der Waals surface area (Å²) in [6, 6.07) is 11.6. The van der Waals surface area contributed by atoms with E-state index in [0.717, 1.165) is 4.47 Å². The maximum Gasteiger partial charge on any atom is 0.257 e. The van der Waals surface area contributed by atoms with E-state index >= 15 is 0 Å². The van der Waals surface area contributed by atoms with Crippen LogP contribution in [0.15, 0.2) is 46.9 Å². The molecule has 0 saturated carbocycles. The molecule has 0 aliphatic heterocycles. The first-order valence-corrected chi connectivity index (χ1v) is 7.00. The second-order valence-electron chi connectivity index (χ2n) is 4.15. The summed E-state index contributed by atoms with van der Waals surface area (Å²) in [4.78, 5) is 12.2. The van der Waals surface area contributed by atoms with Crippen molar-refractivity contribution >= 4 is 33.2 Å². The minimum absolute atomic E-state index is 0.226. The zero-order chi connectivity index (χ0) is 14.5. The van der Waals surface area contributed by atoms with Crippen molar-refractivity contribution in [3.8, 4) is 0 Å². The van der Waals surface area contributed by atoms with Gasteiger partial charge in [0.05, 0.1) is 11.3 Å². The predicted molar refractivity (Wildman–Crippen MR) is 82.7 cm³/mol. The second-order valence-corrected chi connectivity index (χ2v) is 5.07. The summed E-state index contributed by atoms with van der Waals surface area (Å²) >= 11 is 3.33. The van der Waals surface area contributed by atoms with Crippen LogP contribution in [0.4, 0.5) is 15.8 Å². The molecule has 0 spiro atoms. The fourth-order valence-electron chi connectivity index (χ4n) is 1.80. The van der Waals surface area contributed by atoms with Gasteiger partial charge in [-0.2, -0.15) is 0 Å². The molecule has 2 rings (SSSR count). The van der Waals surface area contributed by atoms with E-state index in [0.29, 0.717) is 12.2 Å². The van der Waals surface area contributed by atoms with Crippen LogP contribution in [-0.2, 0) is 0 Å². The molecule has 0 aliphatic carbocycles. The third-order valence-electron chi connectivity index (χ3n) is 2.71. The van der Waals surface area contributed by atoms with Crippen LogP contribution in [0.3, 0.4) is 0 Å². The Labute approximate surface area is 125 Å². The Hall–Kier alpha value is -1.88.